The van der Waals surface area contributed by atoms with Crippen LogP contribution in [0.5, 0.6) is 0 Å². The van der Waals surface area contributed by atoms with Crippen LogP contribution in [0.4, 0.5) is 22.7 Å². The second-order valence-electron chi connectivity index (χ2n) is 24.8. The van der Waals surface area contributed by atoms with E-state index in [1.54, 1.807) is 0 Å². The smallest absolute Gasteiger partial charge is 0.252 e. The molecule has 9 rings (SSSR count). The maximum atomic E-state index is 14.0. The van der Waals surface area contributed by atoms with E-state index < -0.39 is 0 Å². The Morgan fingerprint density at radius 2 is 0.729 bits per heavy atom. The minimum absolute atomic E-state index is 0.158. The molecule has 20 heteroatoms. The maximum Gasteiger partial charge on any atom is 0.252 e. The van der Waals surface area contributed by atoms with Crippen LogP contribution in [0.2, 0.25) is 0 Å². The van der Waals surface area contributed by atoms with E-state index in [0.29, 0.717) is 136 Å². The van der Waals surface area contributed by atoms with Crippen molar-refractivity contribution >= 4 is 154 Å². The first-order valence-electron chi connectivity index (χ1n) is 31.7. The zero-order valence-corrected chi connectivity index (χ0v) is 62.7. The summed E-state index contributed by atoms with van der Waals surface area (Å²) < 4.78 is 2.77. The number of nitrogens with one attached hydrogen (secondary N) is 6. The number of aromatic amines is 2. The molecule has 4 unspecified atom stereocenters. The summed E-state index contributed by atoms with van der Waals surface area (Å²) in [5.41, 5.74) is 15.1. The minimum atomic E-state index is -0.300. The summed E-state index contributed by atoms with van der Waals surface area (Å²) in [4.78, 5) is 82.2. The lowest BCUT2D eigenvalue weighted by atomic mass is 9.90. The second-order valence-corrected chi connectivity index (χ2v) is 27.9. The van der Waals surface area contributed by atoms with Gasteiger partial charge in [0, 0.05) is 97.0 Å². The van der Waals surface area contributed by atoms with Gasteiger partial charge in [0.2, 0.25) is 0 Å². The fraction of sp³-hybridized carbons (Fsp3) is 0.263. The van der Waals surface area contributed by atoms with Gasteiger partial charge in [-0.3, -0.25) is 19.2 Å². The molecule has 16 nitrogen and oxygen atoms in total. The lowest BCUT2D eigenvalue weighted by molar-refractivity contribution is -0.114. The van der Waals surface area contributed by atoms with Gasteiger partial charge in [-0.05, 0) is 241 Å². The van der Waals surface area contributed by atoms with E-state index in [0.717, 1.165) is 42.3 Å². The van der Waals surface area contributed by atoms with Crippen molar-refractivity contribution in [3.63, 3.8) is 0 Å². The topological polar surface area (TPSA) is 187 Å². The summed E-state index contributed by atoms with van der Waals surface area (Å²) in [6.07, 6.45) is 6.73. The van der Waals surface area contributed by atoms with Crippen molar-refractivity contribution in [1.29, 1.82) is 0 Å². The first kappa shape index (κ1) is 72.4. The van der Waals surface area contributed by atoms with Crippen molar-refractivity contribution < 1.29 is 19.2 Å². The van der Waals surface area contributed by atoms with Crippen molar-refractivity contribution in [2.75, 3.05) is 77.6 Å². The summed E-state index contributed by atoms with van der Waals surface area (Å²) in [5.74, 6) is -1.16. The molecule has 0 fully saturated rings. The fourth-order valence-electron chi connectivity index (χ4n) is 12.5. The van der Waals surface area contributed by atoms with Crippen LogP contribution >= 0.6 is 63.7 Å². The van der Waals surface area contributed by atoms with Gasteiger partial charge in [-0.1, -0.05) is 103 Å². The van der Waals surface area contributed by atoms with E-state index >= 15 is 0 Å². The van der Waals surface area contributed by atoms with E-state index in [2.05, 4.69) is 121 Å². The van der Waals surface area contributed by atoms with Gasteiger partial charge in [0.05, 0.1) is 57.2 Å². The molecule has 4 amide bonds. The molecule has 7 aromatic rings. The molecule has 2 aliphatic rings. The Hall–Kier alpha value is -7.92. The Morgan fingerprint density at radius 3 is 1.08 bits per heavy atom. The number of amides is 4. The van der Waals surface area contributed by atoms with Gasteiger partial charge in [0.1, 0.15) is 0 Å². The molecule has 0 radical (unpaired) electrons. The number of likely N-dealkylation sites (N-methyl/N-ethyl adjacent to an activating group) is 4. The number of nitrogens with zero attached hydrogens (tertiary/aromatic N) is 6. The van der Waals surface area contributed by atoms with Crippen molar-refractivity contribution in [3.05, 3.63) is 200 Å². The van der Waals surface area contributed by atoms with Crippen molar-refractivity contribution in [3.8, 4) is 33.4 Å². The Bertz CT molecular complexity index is 4470. The van der Waals surface area contributed by atoms with E-state index in [9.17, 15) is 19.2 Å². The van der Waals surface area contributed by atoms with Gasteiger partial charge in [-0.2, -0.15) is 0 Å². The third-order valence-electron chi connectivity index (χ3n) is 17.5. The molecule has 0 saturated heterocycles. The Balaban J connectivity index is 1.40. The third kappa shape index (κ3) is 15.4. The SMILES string of the molecule is C=C(C(=O)Nc1ccc(C2=C(Br)c3nc2c(-c2ccc(NC(=O)C(=C)C(CC)N(C)C)cc2)c2[nH]c(cc4nc(cc5[nH]c(c3Br)c(Br)c5Br)C=C4)c(-c3ccc(NC(=O)C(=C)C(CC)N(C)C)cc3)c2-c2ccc(NC(=O)C(=C)C(CC)N(C)C)cc2)cc1)C(CC)N(C)C. The highest BCUT2D eigenvalue weighted by Crippen LogP contribution is 2.51. The maximum absolute atomic E-state index is 14.0. The number of benzene rings is 4. The number of anilines is 4. The highest BCUT2D eigenvalue weighted by molar-refractivity contribution is 9.15. The summed E-state index contributed by atoms with van der Waals surface area (Å²) >= 11 is 16.0. The van der Waals surface area contributed by atoms with Gasteiger partial charge in [0.15, 0.2) is 0 Å². The monoisotopic (exact) mass is 1540 g/mol. The molecule has 6 N–H and O–H groups in total. The number of halogens is 4. The predicted octanol–water partition coefficient (Wildman–Crippen LogP) is 17.4. The molecule has 498 valence electrons. The van der Waals surface area contributed by atoms with Crippen LogP contribution in [0, 0.1) is 0 Å². The molecule has 8 bridgehead atoms. The van der Waals surface area contributed by atoms with Gasteiger partial charge in [0.25, 0.3) is 23.6 Å². The van der Waals surface area contributed by atoms with Crippen molar-refractivity contribution in [2.45, 2.75) is 77.5 Å². The van der Waals surface area contributed by atoms with Crippen molar-refractivity contribution in [2.24, 2.45) is 0 Å². The summed E-state index contributed by atoms with van der Waals surface area (Å²) in [6, 6.07) is 34.2. The van der Waals surface area contributed by atoms with Crippen LogP contribution in [0.3, 0.4) is 0 Å². The van der Waals surface area contributed by atoms with Crippen LogP contribution < -0.4 is 21.3 Å². The fourth-order valence-corrected chi connectivity index (χ4v) is 15.3. The predicted molar refractivity (Wildman–Crippen MR) is 413 cm³/mol. The lowest BCUT2D eigenvalue weighted by Crippen LogP contribution is -2.34. The van der Waals surface area contributed by atoms with Gasteiger partial charge in [-0.15, -0.1) is 0 Å². The standard InChI is InChI=1S/C76H82Br4N12O4/c1-17-57(89(9)10)41(5)73(93)82-49-29-21-45(22-30-49)61-55-39-53-37-38-54(81-53)40-56-65(77)67(79)72(87-56)68(80)71-66(78)63(47-25-33-51(34-26-47)84-75(95)43(7)59(19-3)91(13)14)70(88-71)64(48-27-35-52(36-28-48)85-76(96)44(8)60(20-4)92(15)16)69(86-55)62(61)46-23-31-50(32-24-46)83-74(94)42(6)58(18-2)90(11)12/h21-40,57-60,86-87H,5-8,17-20H2,1-4,9-16H3,(H,82,93)(H,83,94)(H,84,95)(H,85,96). The van der Waals surface area contributed by atoms with E-state index in [1.807, 2.05) is 225 Å². The molecular weight excluding hydrogens is 1460 g/mol. The number of hydrogen-bond acceptors (Lipinski definition) is 10. The first-order chi connectivity index (χ1) is 45.7. The van der Waals surface area contributed by atoms with Gasteiger partial charge in [-0.25, -0.2) is 9.97 Å². The normalized spacial score (nSPS) is 13.4. The number of fused-ring (bicyclic) bond motifs is 8. The molecule has 5 heterocycles. The average molecular weight is 1550 g/mol. The number of H-pyrrole nitrogens is 2. The number of carbonyl (C=O) groups excluding carboxylic acids is 4. The number of rotatable bonds is 24. The zero-order chi connectivity index (χ0) is 69.7. The van der Waals surface area contributed by atoms with E-state index in [-0.39, 0.29) is 47.8 Å². The van der Waals surface area contributed by atoms with E-state index in [4.69, 9.17) is 9.97 Å². The van der Waals surface area contributed by atoms with E-state index in [1.165, 1.54) is 0 Å². The first-order valence-corrected chi connectivity index (χ1v) is 34.9. The zero-order valence-electron chi connectivity index (χ0n) is 56.3. The number of hydrogen-bond donors (Lipinski definition) is 6. The quantitative estimate of drug-likeness (QED) is 0.0318. The van der Waals surface area contributed by atoms with Gasteiger partial charge >= 0.3 is 0 Å². The minimum Gasteiger partial charge on any atom is -0.354 e. The summed E-state index contributed by atoms with van der Waals surface area (Å²) in [5, 5.41) is 12.4. The summed E-state index contributed by atoms with van der Waals surface area (Å²) in [6.45, 7) is 24.9. The molecule has 2 aliphatic heterocycles. The van der Waals surface area contributed by atoms with Crippen LogP contribution in [0.1, 0.15) is 81.7 Å². The largest absolute Gasteiger partial charge is 0.354 e. The Kier molecular flexibility index (Phi) is 23.4. The number of carbonyl (C=O) groups is 4. The molecule has 0 saturated carbocycles. The molecule has 4 atom stereocenters. The second kappa shape index (κ2) is 31.1. The Morgan fingerprint density at radius 1 is 0.406 bits per heavy atom. The molecule has 96 heavy (non-hydrogen) atoms. The highest BCUT2D eigenvalue weighted by atomic mass is 79.9. The van der Waals surface area contributed by atoms with Crippen LogP contribution in [-0.4, -0.2) is 144 Å². The molecular formula is C76H82Br4N12O4. The molecule has 3 aromatic heterocycles. The summed E-state index contributed by atoms with van der Waals surface area (Å²) in [7, 11) is 15.5. The lowest BCUT2D eigenvalue weighted by Gasteiger charge is -2.24. The Labute approximate surface area is 596 Å². The highest BCUT2D eigenvalue weighted by Gasteiger charge is 2.31. The third-order valence-corrected chi connectivity index (χ3v) is 21.2. The van der Waals surface area contributed by atoms with Crippen LogP contribution in [0.15, 0.2) is 171 Å². The molecule has 0 spiro atoms. The molecule has 4 aromatic carbocycles. The van der Waals surface area contributed by atoms with Crippen molar-refractivity contribution in [1.82, 2.24) is 39.5 Å². The van der Waals surface area contributed by atoms with Crippen LogP contribution in [-0.2, 0) is 19.2 Å². The molecule has 0 aliphatic carbocycles. The van der Waals surface area contributed by atoms with Gasteiger partial charge < -0.3 is 50.8 Å². The van der Waals surface area contributed by atoms with Crippen LogP contribution in [0.25, 0.3) is 77.7 Å². The average Bonchev–Trinajstić information content (AvgIpc) is 1.57. The number of aromatic nitrogens is 4.